The maximum absolute atomic E-state index is 12.0. The molecule has 0 saturated carbocycles. The van der Waals surface area contributed by atoms with Crippen LogP contribution >= 0.6 is 0 Å². The first-order valence-corrected chi connectivity index (χ1v) is 6.25. The van der Waals surface area contributed by atoms with Crippen LogP contribution in [0.5, 0.6) is 0 Å². The number of aliphatic hydroxyl groups excluding tert-OH is 1. The van der Waals surface area contributed by atoms with E-state index in [1.807, 2.05) is 6.92 Å². The zero-order valence-electron chi connectivity index (χ0n) is 11.0. The van der Waals surface area contributed by atoms with Gasteiger partial charge in [0.05, 0.1) is 17.4 Å². The summed E-state index contributed by atoms with van der Waals surface area (Å²) in [4.78, 5) is 20.0. The van der Waals surface area contributed by atoms with E-state index in [1.165, 1.54) is 17.0 Å². The number of hydrogen-bond acceptors (Lipinski definition) is 5. The van der Waals surface area contributed by atoms with E-state index in [9.17, 15) is 9.90 Å². The highest BCUT2D eigenvalue weighted by atomic mass is 16.3. The van der Waals surface area contributed by atoms with Gasteiger partial charge in [0.1, 0.15) is 6.33 Å². The number of amides is 1. The Hall–Kier alpha value is -2.02. The van der Waals surface area contributed by atoms with Gasteiger partial charge in [-0.3, -0.25) is 4.79 Å². The molecule has 0 spiro atoms. The number of carbonyl (C=O) groups excluding carboxylic acids is 1. The van der Waals surface area contributed by atoms with Crippen molar-refractivity contribution < 1.29 is 9.90 Å². The number of hydrogen-bond donors (Lipinski definition) is 2. The molecule has 0 radical (unpaired) electrons. The quantitative estimate of drug-likeness (QED) is 0.810. The highest BCUT2D eigenvalue weighted by Gasteiger charge is 2.13. The van der Waals surface area contributed by atoms with E-state index in [2.05, 4.69) is 20.4 Å². The number of nitrogens with zero attached hydrogens (tertiary/aromatic N) is 4. The summed E-state index contributed by atoms with van der Waals surface area (Å²) in [5.74, 6) is 0.251. The fourth-order valence-electron chi connectivity index (χ4n) is 1.76. The number of aromatic nitrogens is 4. The Morgan fingerprint density at radius 3 is 3.05 bits per heavy atom. The molecule has 0 fully saturated rings. The molecule has 0 bridgehead atoms. The molecule has 0 aliphatic heterocycles. The Kier molecular flexibility index (Phi) is 4.06. The lowest BCUT2D eigenvalue weighted by molar-refractivity contribution is 0.0940. The first kappa shape index (κ1) is 13.4. The molecule has 1 amide bonds. The number of fused-ring (bicyclic) bond motifs is 1. The van der Waals surface area contributed by atoms with Gasteiger partial charge in [-0.15, -0.1) is 0 Å². The van der Waals surface area contributed by atoms with Crippen molar-refractivity contribution in [1.82, 2.24) is 24.9 Å². The second-order valence-corrected chi connectivity index (χ2v) is 4.34. The smallest absolute Gasteiger partial charge is 0.254 e. The van der Waals surface area contributed by atoms with E-state index >= 15 is 0 Å². The van der Waals surface area contributed by atoms with Gasteiger partial charge >= 0.3 is 0 Å². The van der Waals surface area contributed by atoms with Crippen molar-refractivity contribution in [1.29, 1.82) is 0 Å². The molecular formula is C12H17N5O2. The summed E-state index contributed by atoms with van der Waals surface area (Å²) in [7, 11) is 0. The van der Waals surface area contributed by atoms with Gasteiger partial charge in [0.15, 0.2) is 0 Å². The molecule has 19 heavy (non-hydrogen) atoms. The minimum absolute atomic E-state index is 0.217. The molecule has 2 aromatic rings. The molecular weight excluding hydrogens is 246 g/mol. The third-order valence-corrected chi connectivity index (χ3v) is 3.03. The Morgan fingerprint density at radius 1 is 1.53 bits per heavy atom. The van der Waals surface area contributed by atoms with Gasteiger partial charge in [-0.05, 0) is 19.8 Å². The van der Waals surface area contributed by atoms with Gasteiger partial charge in [0.2, 0.25) is 0 Å². The number of rotatable bonds is 5. The molecule has 102 valence electrons. The number of aliphatic hydroxyl groups is 1. The normalized spacial score (nSPS) is 12.6. The SMILES string of the molecule is CCC(O)CCNC(=O)c1cnc2ncnn2c1C. The standard InChI is InChI=1S/C12H17N5O2/c1-3-9(18)4-5-13-11(19)10-6-14-12-15-7-16-17(12)8(10)2/h6-7,9,18H,3-5H2,1-2H3,(H,13,19). The maximum Gasteiger partial charge on any atom is 0.254 e. The lowest BCUT2D eigenvalue weighted by Crippen LogP contribution is -2.28. The second kappa shape index (κ2) is 5.75. The third-order valence-electron chi connectivity index (χ3n) is 3.03. The highest BCUT2D eigenvalue weighted by Crippen LogP contribution is 2.07. The first-order chi connectivity index (χ1) is 9.13. The van der Waals surface area contributed by atoms with Crippen molar-refractivity contribution in [2.24, 2.45) is 0 Å². The zero-order valence-corrected chi connectivity index (χ0v) is 11.0. The van der Waals surface area contributed by atoms with Gasteiger partial charge in [-0.1, -0.05) is 6.92 Å². The molecule has 7 heteroatoms. The van der Waals surface area contributed by atoms with Crippen LogP contribution in [0.4, 0.5) is 0 Å². The molecule has 2 aromatic heterocycles. The van der Waals surface area contributed by atoms with Gasteiger partial charge in [0.25, 0.3) is 11.7 Å². The van der Waals surface area contributed by atoms with Crippen LogP contribution in [0.2, 0.25) is 0 Å². The molecule has 1 atom stereocenters. The Bertz CT molecular complexity index is 581. The Morgan fingerprint density at radius 2 is 2.32 bits per heavy atom. The summed E-state index contributed by atoms with van der Waals surface area (Å²) >= 11 is 0. The summed E-state index contributed by atoms with van der Waals surface area (Å²) in [6.07, 6.45) is 3.73. The van der Waals surface area contributed by atoms with Gasteiger partial charge in [0, 0.05) is 12.7 Å². The lowest BCUT2D eigenvalue weighted by atomic mass is 10.2. The fraction of sp³-hybridized carbons (Fsp3) is 0.500. The largest absolute Gasteiger partial charge is 0.393 e. The second-order valence-electron chi connectivity index (χ2n) is 4.34. The zero-order chi connectivity index (χ0) is 13.8. The van der Waals surface area contributed by atoms with E-state index < -0.39 is 0 Å². The number of aryl methyl sites for hydroxylation is 1. The molecule has 7 nitrogen and oxygen atoms in total. The van der Waals surface area contributed by atoms with Crippen LogP contribution in [0.3, 0.4) is 0 Å². The summed E-state index contributed by atoms with van der Waals surface area (Å²) < 4.78 is 1.52. The van der Waals surface area contributed by atoms with Crippen LogP contribution in [-0.2, 0) is 0 Å². The Balaban J connectivity index is 2.07. The molecule has 2 N–H and O–H groups in total. The predicted octanol–water partition coefficient (Wildman–Crippen LogP) is 0.324. The number of nitrogens with one attached hydrogen (secondary N) is 1. The van der Waals surface area contributed by atoms with Crippen LogP contribution in [0.15, 0.2) is 12.5 Å². The summed E-state index contributed by atoms with van der Waals surface area (Å²) in [5.41, 5.74) is 1.15. The predicted molar refractivity (Wildman–Crippen MR) is 68.8 cm³/mol. The van der Waals surface area contributed by atoms with Crippen molar-refractivity contribution in [2.45, 2.75) is 32.8 Å². The summed E-state index contributed by atoms with van der Waals surface area (Å²) in [6.45, 7) is 4.13. The van der Waals surface area contributed by atoms with E-state index in [1.54, 1.807) is 6.92 Å². The van der Waals surface area contributed by atoms with Crippen molar-refractivity contribution in [3.63, 3.8) is 0 Å². The molecule has 2 rings (SSSR count). The van der Waals surface area contributed by atoms with Crippen molar-refractivity contribution in [2.75, 3.05) is 6.54 Å². The van der Waals surface area contributed by atoms with Crippen molar-refractivity contribution in [3.05, 3.63) is 23.8 Å². The third kappa shape index (κ3) is 2.87. The Labute approximate surface area is 110 Å². The van der Waals surface area contributed by atoms with Gasteiger partial charge in [-0.25, -0.2) is 9.50 Å². The number of carbonyl (C=O) groups is 1. The fourth-order valence-corrected chi connectivity index (χ4v) is 1.76. The van der Waals surface area contributed by atoms with Crippen LogP contribution < -0.4 is 5.32 Å². The van der Waals surface area contributed by atoms with Crippen LogP contribution in [-0.4, -0.2) is 43.2 Å². The van der Waals surface area contributed by atoms with Crippen LogP contribution in [0.25, 0.3) is 5.78 Å². The average Bonchev–Trinajstić information content (AvgIpc) is 2.88. The van der Waals surface area contributed by atoms with E-state index in [4.69, 9.17) is 0 Å². The topological polar surface area (TPSA) is 92.4 Å². The molecule has 0 saturated heterocycles. The molecule has 1 unspecified atom stereocenters. The molecule has 2 heterocycles. The minimum Gasteiger partial charge on any atom is -0.393 e. The van der Waals surface area contributed by atoms with Crippen molar-refractivity contribution in [3.8, 4) is 0 Å². The summed E-state index contributed by atoms with van der Waals surface area (Å²) in [6, 6.07) is 0. The van der Waals surface area contributed by atoms with E-state index in [-0.39, 0.29) is 12.0 Å². The average molecular weight is 263 g/mol. The first-order valence-electron chi connectivity index (χ1n) is 6.25. The van der Waals surface area contributed by atoms with E-state index in [0.29, 0.717) is 36.4 Å². The monoisotopic (exact) mass is 263 g/mol. The van der Waals surface area contributed by atoms with Crippen LogP contribution in [0.1, 0.15) is 35.8 Å². The summed E-state index contributed by atoms with van der Waals surface area (Å²) in [5, 5.41) is 16.2. The van der Waals surface area contributed by atoms with Gasteiger partial charge < -0.3 is 10.4 Å². The van der Waals surface area contributed by atoms with E-state index in [0.717, 1.165) is 0 Å². The van der Waals surface area contributed by atoms with Gasteiger partial charge in [-0.2, -0.15) is 10.1 Å². The maximum atomic E-state index is 12.0. The molecule has 0 aliphatic rings. The highest BCUT2D eigenvalue weighted by molar-refractivity contribution is 5.95. The van der Waals surface area contributed by atoms with Crippen molar-refractivity contribution >= 4 is 11.7 Å². The minimum atomic E-state index is -0.377. The van der Waals surface area contributed by atoms with Crippen LogP contribution in [0, 0.1) is 6.92 Å². The molecule has 0 aliphatic carbocycles. The molecule has 0 aromatic carbocycles. The lowest BCUT2D eigenvalue weighted by Gasteiger charge is -2.10.